The van der Waals surface area contributed by atoms with Crippen LogP contribution in [0.25, 0.3) is 0 Å². The molecule has 1 aliphatic carbocycles. The van der Waals surface area contributed by atoms with Gasteiger partial charge in [-0.25, -0.2) is 0 Å². The second-order valence-electron chi connectivity index (χ2n) is 5.81. The molecular weight excluding hydrogens is 210 g/mol. The maximum Gasteiger partial charge on any atom is 0.0558 e. The lowest BCUT2D eigenvalue weighted by atomic mass is 9.77. The van der Waals surface area contributed by atoms with Crippen LogP contribution in [-0.4, -0.2) is 36.2 Å². The highest BCUT2D eigenvalue weighted by Gasteiger charge is 2.29. The SMILES string of the molecule is CCC(C)C1CCCCCCC1N(C)CCO. The summed E-state index contributed by atoms with van der Waals surface area (Å²) in [5.41, 5.74) is 0. The minimum atomic E-state index is 0.292. The van der Waals surface area contributed by atoms with Crippen molar-refractivity contribution < 1.29 is 5.11 Å². The monoisotopic (exact) mass is 241 g/mol. The van der Waals surface area contributed by atoms with Crippen LogP contribution in [0.15, 0.2) is 0 Å². The first kappa shape index (κ1) is 15.0. The molecular formula is C15H31NO. The average molecular weight is 241 g/mol. The van der Waals surface area contributed by atoms with Crippen molar-refractivity contribution in [1.29, 1.82) is 0 Å². The van der Waals surface area contributed by atoms with Crippen molar-refractivity contribution in [2.75, 3.05) is 20.2 Å². The molecule has 0 bridgehead atoms. The maximum atomic E-state index is 9.13. The molecule has 0 saturated heterocycles. The smallest absolute Gasteiger partial charge is 0.0558 e. The third-order valence-electron chi connectivity index (χ3n) is 4.68. The van der Waals surface area contributed by atoms with Crippen molar-refractivity contribution in [3.63, 3.8) is 0 Å². The van der Waals surface area contributed by atoms with Gasteiger partial charge in [0.05, 0.1) is 6.61 Å². The highest BCUT2D eigenvalue weighted by molar-refractivity contribution is 4.82. The first-order chi connectivity index (χ1) is 8.20. The Morgan fingerprint density at radius 3 is 2.41 bits per heavy atom. The second-order valence-corrected chi connectivity index (χ2v) is 5.81. The number of hydrogen-bond donors (Lipinski definition) is 1. The van der Waals surface area contributed by atoms with Gasteiger partial charge in [0.25, 0.3) is 0 Å². The largest absolute Gasteiger partial charge is 0.395 e. The Balaban J connectivity index is 2.67. The van der Waals surface area contributed by atoms with E-state index in [2.05, 4.69) is 25.8 Å². The Morgan fingerprint density at radius 1 is 1.18 bits per heavy atom. The normalized spacial score (nSPS) is 28.8. The molecule has 1 rings (SSSR count). The number of rotatable bonds is 5. The van der Waals surface area contributed by atoms with E-state index in [1.165, 1.54) is 44.9 Å². The molecule has 1 fully saturated rings. The average Bonchev–Trinajstić information content (AvgIpc) is 2.28. The Kier molecular flexibility index (Phi) is 7.14. The molecule has 0 aromatic heterocycles. The zero-order chi connectivity index (χ0) is 12.7. The molecule has 1 saturated carbocycles. The fraction of sp³-hybridized carbons (Fsp3) is 1.00. The van der Waals surface area contributed by atoms with Gasteiger partial charge in [-0.15, -0.1) is 0 Å². The molecule has 3 unspecified atom stereocenters. The molecule has 1 N–H and O–H groups in total. The highest BCUT2D eigenvalue weighted by Crippen LogP contribution is 2.32. The summed E-state index contributed by atoms with van der Waals surface area (Å²) in [5.74, 6) is 1.65. The van der Waals surface area contributed by atoms with Gasteiger partial charge in [-0.1, -0.05) is 46.0 Å². The van der Waals surface area contributed by atoms with Crippen LogP contribution >= 0.6 is 0 Å². The van der Waals surface area contributed by atoms with Gasteiger partial charge in [0.15, 0.2) is 0 Å². The van der Waals surface area contributed by atoms with E-state index in [0.717, 1.165) is 18.4 Å². The first-order valence-electron chi connectivity index (χ1n) is 7.51. The van der Waals surface area contributed by atoms with Gasteiger partial charge in [0, 0.05) is 12.6 Å². The predicted octanol–water partition coefficient (Wildman–Crippen LogP) is 3.30. The van der Waals surface area contributed by atoms with E-state index in [9.17, 15) is 0 Å². The molecule has 0 spiro atoms. The molecule has 0 radical (unpaired) electrons. The van der Waals surface area contributed by atoms with Gasteiger partial charge in [-0.3, -0.25) is 0 Å². The Labute approximate surface area is 107 Å². The van der Waals surface area contributed by atoms with Gasteiger partial charge >= 0.3 is 0 Å². The van der Waals surface area contributed by atoms with Gasteiger partial charge < -0.3 is 10.0 Å². The molecule has 17 heavy (non-hydrogen) atoms. The molecule has 3 atom stereocenters. The third kappa shape index (κ3) is 4.59. The molecule has 2 nitrogen and oxygen atoms in total. The second kappa shape index (κ2) is 8.10. The van der Waals surface area contributed by atoms with Crippen molar-refractivity contribution >= 4 is 0 Å². The fourth-order valence-corrected chi connectivity index (χ4v) is 3.33. The Bertz CT molecular complexity index is 195. The van der Waals surface area contributed by atoms with Gasteiger partial charge in [-0.2, -0.15) is 0 Å². The maximum absolute atomic E-state index is 9.13. The van der Waals surface area contributed by atoms with Crippen LogP contribution < -0.4 is 0 Å². The molecule has 2 heteroatoms. The Morgan fingerprint density at radius 2 is 1.82 bits per heavy atom. The third-order valence-corrected chi connectivity index (χ3v) is 4.68. The predicted molar refractivity (Wildman–Crippen MR) is 74.2 cm³/mol. The molecule has 1 aliphatic rings. The van der Waals surface area contributed by atoms with Crippen molar-refractivity contribution in [3.8, 4) is 0 Å². The quantitative estimate of drug-likeness (QED) is 0.798. The molecule has 0 aromatic carbocycles. The molecule has 0 aromatic rings. The minimum Gasteiger partial charge on any atom is -0.395 e. The van der Waals surface area contributed by atoms with Crippen molar-refractivity contribution in [1.82, 2.24) is 4.90 Å². The highest BCUT2D eigenvalue weighted by atomic mass is 16.3. The molecule has 0 heterocycles. The summed E-state index contributed by atoms with van der Waals surface area (Å²) in [6.45, 7) is 5.84. The van der Waals surface area contributed by atoms with Crippen molar-refractivity contribution in [3.05, 3.63) is 0 Å². The summed E-state index contributed by atoms with van der Waals surface area (Å²) < 4.78 is 0. The minimum absolute atomic E-state index is 0.292. The standard InChI is InChI=1S/C15H31NO/c1-4-13(2)14-9-7-5-6-8-10-15(14)16(3)11-12-17/h13-15,17H,4-12H2,1-3H3. The summed E-state index contributed by atoms with van der Waals surface area (Å²) >= 11 is 0. The van der Waals surface area contributed by atoms with Crippen LogP contribution in [0.4, 0.5) is 0 Å². The summed E-state index contributed by atoms with van der Waals surface area (Å²) in [6, 6.07) is 0.692. The fourth-order valence-electron chi connectivity index (χ4n) is 3.33. The van der Waals surface area contributed by atoms with E-state index in [-0.39, 0.29) is 0 Å². The lowest BCUT2D eigenvalue weighted by molar-refractivity contribution is 0.0909. The van der Waals surface area contributed by atoms with Crippen LogP contribution in [0, 0.1) is 11.8 Å². The van der Waals surface area contributed by atoms with Gasteiger partial charge in [0.2, 0.25) is 0 Å². The van der Waals surface area contributed by atoms with Crippen molar-refractivity contribution in [2.45, 2.75) is 64.8 Å². The number of aliphatic hydroxyl groups excluding tert-OH is 1. The lowest BCUT2D eigenvalue weighted by Crippen LogP contribution is -2.42. The molecule has 0 amide bonds. The summed E-state index contributed by atoms with van der Waals surface area (Å²) in [7, 11) is 2.19. The number of likely N-dealkylation sites (N-methyl/N-ethyl adjacent to an activating group) is 1. The van der Waals surface area contributed by atoms with E-state index in [1.54, 1.807) is 0 Å². The first-order valence-corrected chi connectivity index (χ1v) is 7.51. The van der Waals surface area contributed by atoms with Crippen LogP contribution in [0.5, 0.6) is 0 Å². The van der Waals surface area contributed by atoms with E-state index in [1.807, 2.05) is 0 Å². The zero-order valence-corrected chi connectivity index (χ0v) is 12.0. The summed E-state index contributed by atoms with van der Waals surface area (Å²) in [5, 5.41) is 9.13. The molecule has 0 aliphatic heterocycles. The Hall–Kier alpha value is -0.0800. The van der Waals surface area contributed by atoms with Crippen LogP contribution in [0.1, 0.15) is 58.8 Å². The van der Waals surface area contributed by atoms with E-state index >= 15 is 0 Å². The van der Waals surface area contributed by atoms with Crippen LogP contribution in [-0.2, 0) is 0 Å². The summed E-state index contributed by atoms with van der Waals surface area (Å²) in [6.07, 6.45) is 9.58. The van der Waals surface area contributed by atoms with E-state index in [0.29, 0.717) is 12.6 Å². The van der Waals surface area contributed by atoms with Gasteiger partial charge in [0.1, 0.15) is 0 Å². The number of aliphatic hydroxyl groups is 1. The molecule has 102 valence electrons. The van der Waals surface area contributed by atoms with Crippen LogP contribution in [0.3, 0.4) is 0 Å². The summed E-state index contributed by atoms with van der Waals surface area (Å²) in [4.78, 5) is 2.40. The number of nitrogens with zero attached hydrogens (tertiary/aromatic N) is 1. The lowest BCUT2D eigenvalue weighted by Gasteiger charge is -2.39. The van der Waals surface area contributed by atoms with Gasteiger partial charge in [-0.05, 0) is 31.7 Å². The van der Waals surface area contributed by atoms with Crippen LogP contribution in [0.2, 0.25) is 0 Å². The number of hydrogen-bond acceptors (Lipinski definition) is 2. The van der Waals surface area contributed by atoms with E-state index in [4.69, 9.17) is 5.11 Å². The van der Waals surface area contributed by atoms with Crippen molar-refractivity contribution in [2.24, 2.45) is 11.8 Å². The topological polar surface area (TPSA) is 23.5 Å². The van der Waals surface area contributed by atoms with E-state index < -0.39 is 0 Å². The zero-order valence-electron chi connectivity index (χ0n) is 12.0.